The van der Waals surface area contributed by atoms with Gasteiger partial charge in [-0.15, -0.1) is 11.8 Å². The first-order chi connectivity index (χ1) is 11.9. The van der Waals surface area contributed by atoms with Crippen LogP contribution in [-0.4, -0.2) is 21.9 Å². The molecule has 1 aliphatic carbocycles. The standard InChI is InChI=1S/C20H22ClNO2S/c1-20(2,25-12-14-8-4-6-10-16(14)21)19(24)22-18-15-9-5-3-7-13(15)11-17(18)23/h3-10,17-18,23H,11-12H2,1-2H3,(H,22,24). The van der Waals surface area contributed by atoms with E-state index in [0.29, 0.717) is 17.2 Å². The molecule has 0 spiro atoms. The van der Waals surface area contributed by atoms with E-state index in [1.807, 2.05) is 62.4 Å². The Kier molecular flexibility index (Phi) is 5.42. The monoisotopic (exact) mass is 375 g/mol. The number of nitrogens with one attached hydrogen (secondary N) is 1. The number of benzene rings is 2. The summed E-state index contributed by atoms with van der Waals surface area (Å²) < 4.78 is -0.629. The van der Waals surface area contributed by atoms with Gasteiger partial charge < -0.3 is 10.4 Å². The third kappa shape index (κ3) is 4.02. The van der Waals surface area contributed by atoms with Crippen molar-refractivity contribution in [2.24, 2.45) is 0 Å². The molecule has 3 rings (SSSR count). The van der Waals surface area contributed by atoms with Gasteiger partial charge in [0.05, 0.1) is 16.9 Å². The quantitative estimate of drug-likeness (QED) is 0.826. The molecule has 5 heteroatoms. The molecule has 3 nitrogen and oxygen atoms in total. The maximum absolute atomic E-state index is 12.8. The van der Waals surface area contributed by atoms with Gasteiger partial charge >= 0.3 is 0 Å². The van der Waals surface area contributed by atoms with Crippen LogP contribution in [-0.2, 0) is 17.0 Å². The molecule has 2 atom stereocenters. The zero-order valence-corrected chi connectivity index (χ0v) is 15.9. The lowest BCUT2D eigenvalue weighted by Gasteiger charge is -2.27. The summed E-state index contributed by atoms with van der Waals surface area (Å²) in [6.45, 7) is 3.80. The Morgan fingerprint density at radius 2 is 1.92 bits per heavy atom. The number of amides is 1. The van der Waals surface area contributed by atoms with Crippen LogP contribution in [0.15, 0.2) is 48.5 Å². The predicted molar refractivity (Wildman–Crippen MR) is 104 cm³/mol. The first-order valence-electron chi connectivity index (χ1n) is 8.32. The first kappa shape index (κ1) is 18.3. The second-order valence-electron chi connectivity index (χ2n) is 6.81. The highest BCUT2D eigenvalue weighted by Crippen LogP contribution is 2.34. The number of aliphatic hydroxyl groups is 1. The van der Waals surface area contributed by atoms with E-state index in [-0.39, 0.29) is 11.9 Å². The lowest BCUT2D eigenvalue weighted by atomic mass is 10.1. The lowest BCUT2D eigenvalue weighted by Crippen LogP contribution is -2.44. The number of halogens is 1. The Labute approximate surface area is 157 Å². The van der Waals surface area contributed by atoms with Gasteiger partial charge in [-0.1, -0.05) is 54.1 Å². The molecule has 2 N–H and O–H groups in total. The van der Waals surface area contributed by atoms with Crippen molar-refractivity contribution in [3.63, 3.8) is 0 Å². The minimum absolute atomic E-state index is 0.0784. The SMILES string of the molecule is CC(C)(SCc1ccccc1Cl)C(=O)NC1c2ccccc2CC1O. The van der Waals surface area contributed by atoms with E-state index in [0.717, 1.165) is 16.7 Å². The highest BCUT2D eigenvalue weighted by Gasteiger charge is 2.36. The van der Waals surface area contributed by atoms with Crippen molar-refractivity contribution < 1.29 is 9.90 Å². The normalized spacial score (nSPS) is 19.5. The number of rotatable bonds is 5. The number of hydrogen-bond donors (Lipinski definition) is 2. The van der Waals surface area contributed by atoms with E-state index in [9.17, 15) is 9.90 Å². The molecule has 0 heterocycles. The molecule has 2 aromatic carbocycles. The average Bonchev–Trinajstić information content (AvgIpc) is 2.90. The summed E-state index contributed by atoms with van der Waals surface area (Å²) in [6, 6.07) is 15.2. The summed E-state index contributed by atoms with van der Waals surface area (Å²) in [5.41, 5.74) is 3.12. The first-order valence-corrected chi connectivity index (χ1v) is 9.69. The van der Waals surface area contributed by atoms with Crippen molar-refractivity contribution in [1.29, 1.82) is 0 Å². The fourth-order valence-electron chi connectivity index (χ4n) is 3.00. The van der Waals surface area contributed by atoms with Crippen molar-refractivity contribution in [2.75, 3.05) is 0 Å². The van der Waals surface area contributed by atoms with Gasteiger partial charge in [-0.3, -0.25) is 4.79 Å². The molecule has 0 aliphatic heterocycles. The fourth-order valence-corrected chi connectivity index (χ4v) is 4.24. The molecule has 0 saturated heterocycles. The topological polar surface area (TPSA) is 49.3 Å². The molecule has 0 fully saturated rings. The minimum Gasteiger partial charge on any atom is -0.390 e. The Morgan fingerprint density at radius 3 is 2.68 bits per heavy atom. The van der Waals surface area contributed by atoms with Crippen molar-refractivity contribution in [3.05, 3.63) is 70.2 Å². The molecule has 0 bridgehead atoms. The van der Waals surface area contributed by atoms with Crippen LogP contribution in [0.5, 0.6) is 0 Å². The summed E-state index contributed by atoms with van der Waals surface area (Å²) in [4.78, 5) is 12.8. The molecule has 0 saturated carbocycles. The number of thioether (sulfide) groups is 1. The summed E-state index contributed by atoms with van der Waals surface area (Å²) in [6.07, 6.45) is -0.000346. The van der Waals surface area contributed by atoms with Crippen molar-refractivity contribution >= 4 is 29.3 Å². The Balaban J connectivity index is 1.67. The molecule has 0 aromatic heterocycles. The maximum atomic E-state index is 12.8. The lowest BCUT2D eigenvalue weighted by molar-refractivity contribution is -0.124. The largest absolute Gasteiger partial charge is 0.390 e. The molecule has 25 heavy (non-hydrogen) atoms. The summed E-state index contributed by atoms with van der Waals surface area (Å²) in [7, 11) is 0. The summed E-state index contributed by atoms with van der Waals surface area (Å²) in [5.74, 6) is 0.578. The average molecular weight is 376 g/mol. The third-order valence-electron chi connectivity index (χ3n) is 4.58. The molecule has 132 valence electrons. The van der Waals surface area contributed by atoms with Gasteiger partial charge in [-0.05, 0) is 36.6 Å². The van der Waals surface area contributed by atoms with Crippen LogP contribution in [0.4, 0.5) is 0 Å². The number of hydrogen-bond acceptors (Lipinski definition) is 3. The van der Waals surface area contributed by atoms with Crippen LogP contribution >= 0.6 is 23.4 Å². The van der Waals surface area contributed by atoms with E-state index in [4.69, 9.17) is 11.6 Å². The number of carbonyl (C=O) groups excluding carboxylic acids is 1. The third-order valence-corrected chi connectivity index (χ3v) is 6.31. The van der Waals surface area contributed by atoms with E-state index < -0.39 is 10.9 Å². The number of aliphatic hydroxyl groups excluding tert-OH is 1. The molecule has 1 aliphatic rings. The van der Waals surface area contributed by atoms with Gasteiger partial charge in [-0.25, -0.2) is 0 Å². The number of fused-ring (bicyclic) bond motifs is 1. The van der Waals surface area contributed by atoms with E-state index in [1.54, 1.807) is 11.8 Å². The highest BCUT2D eigenvalue weighted by molar-refractivity contribution is 8.00. The van der Waals surface area contributed by atoms with Crippen molar-refractivity contribution in [3.8, 4) is 0 Å². The zero-order chi connectivity index (χ0) is 18.0. The Bertz CT molecular complexity index is 778. The molecule has 2 unspecified atom stereocenters. The van der Waals surface area contributed by atoms with Crippen LogP contribution in [0.1, 0.15) is 36.6 Å². The second-order valence-corrected chi connectivity index (χ2v) is 8.82. The molecule has 0 radical (unpaired) electrons. The van der Waals surface area contributed by atoms with Gasteiger partial charge in [0.25, 0.3) is 0 Å². The zero-order valence-electron chi connectivity index (χ0n) is 14.3. The van der Waals surface area contributed by atoms with Crippen LogP contribution in [0.3, 0.4) is 0 Å². The molecule has 1 amide bonds. The van der Waals surface area contributed by atoms with Gasteiger partial charge in [0.1, 0.15) is 0 Å². The molecular weight excluding hydrogens is 354 g/mol. The summed E-state index contributed by atoms with van der Waals surface area (Å²) in [5, 5.41) is 14.1. The predicted octanol–water partition coefficient (Wildman–Crippen LogP) is 4.13. The second kappa shape index (κ2) is 7.40. The van der Waals surface area contributed by atoms with Gasteiger partial charge in [-0.2, -0.15) is 0 Å². The summed E-state index contributed by atoms with van der Waals surface area (Å²) >= 11 is 7.74. The fraction of sp³-hybridized carbons (Fsp3) is 0.350. The highest BCUT2D eigenvalue weighted by atomic mass is 35.5. The van der Waals surface area contributed by atoms with E-state index >= 15 is 0 Å². The van der Waals surface area contributed by atoms with Gasteiger partial charge in [0.2, 0.25) is 5.91 Å². The van der Waals surface area contributed by atoms with Crippen molar-refractivity contribution in [2.45, 2.75) is 42.9 Å². The van der Waals surface area contributed by atoms with Crippen LogP contribution in [0.2, 0.25) is 5.02 Å². The van der Waals surface area contributed by atoms with Gasteiger partial charge in [0.15, 0.2) is 0 Å². The number of carbonyl (C=O) groups is 1. The minimum atomic E-state index is -0.629. The molecule has 2 aromatic rings. The van der Waals surface area contributed by atoms with Crippen molar-refractivity contribution in [1.82, 2.24) is 5.32 Å². The molecular formula is C20H22ClNO2S. The maximum Gasteiger partial charge on any atom is 0.236 e. The van der Waals surface area contributed by atoms with E-state index in [2.05, 4.69) is 5.32 Å². The Morgan fingerprint density at radius 1 is 1.24 bits per heavy atom. The van der Waals surface area contributed by atoms with Crippen LogP contribution < -0.4 is 5.32 Å². The van der Waals surface area contributed by atoms with Crippen LogP contribution in [0.25, 0.3) is 0 Å². The van der Waals surface area contributed by atoms with Crippen LogP contribution in [0, 0.1) is 0 Å². The smallest absolute Gasteiger partial charge is 0.236 e. The Hall–Kier alpha value is -1.49. The van der Waals surface area contributed by atoms with E-state index in [1.165, 1.54) is 0 Å². The van der Waals surface area contributed by atoms with Gasteiger partial charge in [0, 0.05) is 17.2 Å².